The molecule has 1 fully saturated rings. The maximum absolute atomic E-state index is 13.7. The number of likely N-dealkylation sites (tertiary alicyclic amines) is 1. The minimum atomic E-state index is -1.28. The van der Waals surface area contributed by atoms with Crippen LogP contribution in [-0.2, 0) is 20.8 Å². The molecule has 32 heavy (non-hydrogen) atoms. The van der Waals surface area contributed by atoms with E-state index in [1.807, 2.05) is 48.5 Å². The van der Waals surface area contributed by atoms with E-state index in [9.17, 15) is 19.5 Å². The Bertz CT molecular complexity index is 963. The maximum atomic E-state index is 13.7. The summed E-state index contributed by atoms with van der Waals surface area (Å²) in [6.45, 7) is 2.58. The van der Waals surface area contributed by atoms with Gasteiger partial charge in [-0.25, -0.2) is 0 Å². The Balaban J connectivity index is 1.89. The van der Waals surface area contributed by atoms with Gasteiger partial charge in [0.15, 0.2) is 0 Å². The molecule has 0 aromatic heterocycles. The number of carbonyl (C=O) groups excluding carboxylic acids is 2. The zero-order chi connectivity index (χ0) is 23.1. The summed E-state index contributed by atoms with van der Waals surface area (Å²) in [7, 11) is 0. The largest absolute Gasteiger partial charge is 0.481 e. The van der Waals surface area contributed by atoms with Crippen LogP contribution in [0.3, 0.4) is 0 Å². The number of hydrogen-bond donors (Lipinski definition) is 3. The van der Waals surface area contributed by atoms with E-state index in [1.165, 1.54) is 5.56 Å². The third-order valence-electron chi connectivity index (χ3n) is 6.28. The van der Waals surface area contributed by atoms with Gasteiger partial charge in [0.25, 0.3) is 0 Å². The number of aliphatic carboxylic acids is 1. The molecule has 170 valence electrons. The SMILES string of the molecule is CCC(=O)NCC1(CC(=O)O)C(=O)N(CCCc2ccccc2)CC1c1ccccc1N. The Morgan fingerprint density at radius 2 is 1.84 bits per heavy atom. The first-order valence-corrected chi connectivity index (χ1v) is 11.0. The van der Waals surface area contributed by atoms with Gasteiger partial charge >= 0.3 is 5.97 Å². The molecule has 0 saturated carbocycles. The predicted octanol–water partition coefficient (Wildman–Crippen LogP) is 2.81. The van der Waals surface area contributed by atoms with Gasteiger partial charge < -0.3 is 21.1 Å². The lowest BCUT2D eigenvalue weighted by Crippen LogP contribution is -2.47. The van der Waals surface area contributed by atoms with Gasteiger partial charge in [0, 0.05) is 37.7 Å². The van der Waals surface area contributed by atoms with Gasteiger partial charge in [-0.3, -0.25) is 14.4 Å². The van der Waals surface area contributed by atoms with Gasteiger partial charge in [-0.05, 0) is 30.0 Å². The van der Waals surface area contributed by atoms with Crippen molar-refractivity contribution >= 4 is 23.5 Å². The fourth-order valence-corrected chi connectivity index (χ4v) is 4.59. The van der Waals surface area contributed by atoms with Gasteiger partial charge in [0.05, 0.1) is 11.8 Å². The fourth-order valence-electron chi connectivity index (χ4n) is 4.59. The molecule has 4 N–H and O–H groups in total. The Hall–Kier alpha value is -3.35. The number of benzene rings is 2. The zero-order valence-electron chi connectivity index (χ0n) is 18.4. The normalized spacial score (nSPS) is 20.3. The highest BCUT2D eigenvalue weighted by Gasteiger charge is 2.55. The minimum Gasteiger partial charge on any atom is -0.481 e. The molecule has 2 unspecified atom stereocenters. The minimum absolute atomic E-state index is 0.0288. The molecule has 2 amide bonds. The van der Waals surface area contributed by atoms with Gasteiger partial charge in [0.1, 0.15) is 0 Å². The summed E-state index contributed by atoms with van der Waals surface area (Å²) in [6, 6.07) is 17.3. The molecule has 1 aliphatic rings. The van der Waals surface area contributed by atoms with E-state index in [0.29, 0.717) is 18.8 Å². The predicted molar refractivity (Wildman–Crippen MR) is 123 cm³/mol. The van der Waals surface area contributed by atoms with E-state index in [2.05, 4.69) is 5.32 Å². The molecule has 2 aromatic rings. The molecule has 3 rings (SSSR count). The number of carboxylic acid groups (broad SMARTS) is 1. The quantitative estimate of drug-likeness (QED) is 0.495. The van der Waals surface area contributed by atoms with Crippen molar-refractivity contribution in [3.05, 3.63) is 65.7 Å². The van der Waals surface area contributed by atoms with Crippen molar-refractivity contribution in [3.8, 4) is 0 Å². The highest BCUT2D eigenvalue weighted by molar-refractivity contribution is 5.91. The van der Waals surface area contributed by atoms with Crippen LogP contribution >= 0.6 is 0 Å². The monoisotopic (exact) mass is 437 g/mol. The summed E-state index contributed by atoms with van der Waals surface area (Å²) in [6.07, 6.45) is 1.47. The molecule has 1 heterocycles. The molecule has 1 saturated heterocycles. The Morgan fingerprint density at radius 1 is 1.16 bits per heavy atom. The number of rotatable bonds is 10. The summed E-state index contributed by atoms with van der Waals surface area (Å²) in [5.74, 6) is -1.96. The molecule has 0 radical (unpaired) electrons. The molecule has 2 atom stereocenters. The van der Waals surface area contributed by atoms with E-state index in [1.54, 1.807) is 17.9 Å². The number of carboxylic acids is 1. The van der Waals surface area contributed by atoms with Crippen molar-refractivity contribution in [1.29, 1.82) is 0 Å². The van der Waals surface area contributed by atoms with E-state index in [-0.39, 0.29) is 31.2 Å². The van der Waals surface area contributed by atoms with E-state index in [4.69, 9.17) is 5.73 Å². The molecule has 0 bridgehead atoms. The summed E-state index contributed by atoms with van der Waals surface area (Å²) in [4.78, 5) is 39.3. The number of nitrogens with zero attached hydrogens (tertiary/aromatic N) is 1. The average Bonchev–Trinajstić information content (AvgIpc) is 3.04. The Morgan fingerprint density at radius 3 is 2.50 bits per heavy atom. The average molecular weight is 438 g/mol. The summed E-state index contributed by atoms with van der Waals surface area (Å²) in [5, 5.41) is 12.5. The van der Waals surface area contributed by atoms with Gasteiger partial charge in [-0.2, -0.15) is 0 Å². The third-order valence-corrected chi connectivity index (χ3v) is 6.28. The summed E-state index contributed by atoms with van der Waals surface area (Å²) in [5.41, 5.74) is 7.42. The number of nitrogen functional groups attached to an aromatic ring is 1. The number of nitrogens with one attached hydrogen (secondary N) is 1. The third kappa shape index (κ3) is 5.10. The van der Waals surface area contributed by atoms with E-state index < -0.39 is 17.3 Å². The van der Waals surface area contributed by atoms with Gasteiger partial charge in [0.2, 0.25) is 11.8 Å². The van der Waals surface area contributed by atoms with Crippen molar-refractivity contribution in [3.63, 3.8) is 0 Å². The van der Waals surface area contributed by atoms with E-state index >= 15 is 0 Å². The maximum Gasteiger partial charge on any atom is 0.304 e. The molecular formula is C25H31N3O4. The smallest absolute Gasteiger partial charge is 0.304 e. The molecule has 7 heteroatoms. The highest BCUT2D eigenvalue weighted by atomic mass is 16.4. The number of carbonyl (C=O) groups is 3. The first-order chi connectivity index (χ1) is 15.4. The topological polar surface area (TPSA) is 113 Å². The van der Waals surface area contributed by atoms with Crippen LogP contribution in [0.5, 0.6) is 0 Å². The summed E-state index contributed by atoms with van der Waals surface area (Å²) >= 11 is 0. The van der Waals surface area contributed by atoms with E-state index in [0.717, 1.165) is 18.4 Å². The van der Waals surface area contributed by atoms with Crippen LogP contribution < -0.4 is 11.1 Å². The molecule has 2 aromatic carbocycles. The molecule has 0 spiro atoms. The first kappa shape index (κ1) is 23.3. The standard InChI is InChI=1S/C25H31N3O4/c1-2-22(29)27-17-25(15-23(30)31)20(19-12-6-7-13-21(19)26)16-28(24(25)32)14-8-11-18-9-4-3-5-10-18/h3-7,9-10,12-13,20H,2,8,11,14-17,26H2,1H3,(H,27,29)(H,30,31). The lowest BCUT2D eigenvalue weighted by atomic mass is 9.71. The van der Waals surface area contributed by atoms with Crippen LogP contribution in [0.2, 0.25) is 0 Å². The highest BCUT2D eigenvalue weighted by Crippen LogP contribution is 2.47. The van der Waals surface area contributed by atoms with Crippen LogP contribution in [-0.4, -0.2) is 47.4 Å². The lowest BCUT2D eigenvalue weighted by Gasteiger charge is -2.32. The molecular weight excluding hydrogens is 406 g/mol. The number of para-hydroxylation sites is 1. The number of anilines is 1. The van der Waals surface area contributed by atoms with Crippen LogP contribution in [0, 0.1) is 5.41 Å². The van der Waals surface area contributed by atoms with Crippen molar-refractivity contribution in [2.24, 2.45) is 5.41 Å². The number of aryl methyl sites for hydroxylation is 1. The van der Waals surface area contributed by atoms with Crippen LogP contribution in [0.4, 0.5) is 5.69 Å². The van der Waals surface area contributed by atoms with Crippen molar-refractivity contribution < 1.29 is 19.5 Å². The Labute approximate surface area is 188 Å². The number of nitrogens with two attached hydrogens (primary N) is 1. The fraction of sp³-hybridized carbons (Fsp3) is 0.400. The van der Waals surface area contributed by atoms with Crippen molar-refractivity contribution in [2.45, 2.75) is 38.5 Å². The lowest BCUT2D eigenvalue weighted by molar-refractivity contribution is -0.147. The zero-order valence-corrected chi connectivity index (χ0v) is 18.4. The van der Waals surface area contributed by atoms with Crippen LogP contribution in [0.1, 0.15) is 43.2 Å². The van der Waals surface area contributed by atoms with Gasteiger partial charge in [-0.15, -0.1) is 0 Å². The second-order valence-corrected chi connectivity index (χ2v) is 8.38. The van der Waals surface area contributed by atoms with Crippen molar-refractivity contribution in [2.75, 3.05) is 25.4 Å². The number of hydrogen-bond acceptors (Lipinski definition) is 4. The summed E-state index contributed by atoms with van der Waals surface area (Å²) < 4.78 is 0. The Kier molecular flexibility index (Phi) is 7.51. The molecule has 0 aliphatic carbocycles. The second kappa shape index (κ2) is 10.3. The van der Waals surface area contributed by atoms with Gasteiger partial charge in [-0.1, -0.05) is 55.5 Å². The molecule has 1 aliphatic heterocycles. The first-order valence-electron chi connectivity index (χ1n) is 11.0. The van der Waals surface area contributed by atoms with Crippen LogP contribution in [0.15, 0.2) is 54.6 Å². The second-order valence-electron chi connectivity index (χ2n) is 8.38. The molecule has 7 nitrogen and oxygen atoms in total. The number of amides is 2. The van der Waals surface area contributed by atoms with Crippen LogP contribution in [0.25, 0.3) is 0 Å². The van der Waals surface area contributed by atoms with Crippen molar-refractivity contribution in [1.82, 2.24) is 10.2 Å².